The van der Waals surface area contributed by atoms with E-state index in [1.807, 2.05) is 30.3 Å². The van der Waals surface area contributed by atoms with Gasteiger partial charge in [-0.15, -0.1) is 0 Å². The van der Waals surface area contributed by atoms with E-state index in [-0.39, 0.29) is 12.5 Å². The number of nitrogens with one attached hydrogen (secondary N) is 3. The number of hydrogen-bond donors (Lipinski definition) is 3. The highest BCUT2D eigenvalue weighted by Gasteiger charge is 2.21. The van der Waals surface area contributed by atoms with E-state index in [0.717, 1.165) is 15.4 Å². The number of amides is 2. The highest BCUT2D eigenvalue weighted by Crippen LogP contribution is 2.25. The molecule has 7 nitrogen and oxygen atoms in total. The molecule has 0 unspecified atom stereocenters. The number of rotatable bonds is 5. The Kier molecular flexibility index (Phi) is 6.22. The van der Waals surface area contributed by atoms with E-state index in [4.69, 9.17) is 4.74 Å². The number of ether oxygens (including phenoxy) is 1. The van der Waals surface area contributed by atoms with Crippen LogP contribution in [-0.2, 0) is 4.74 Å². The molecule has 1 atom stereocenters. The molecule has 0 aliphatic carbocycles. The van der Waals surface area contributed by atoms with Crippen molar-refractivity contribution in [2.45, 2.75) is 32.4 Å². The molecule has 0 saturated carbocycles. The summed E-state index contributed by atoms with van der Waals surface area (Å²) in [6.45, 7) is 5.57. The van der Waals surface area contributed by atoms with Crippen LogP contribution < -0.4 is 10.6 Å². The van der Waals surface area contributed by atoms with Crippen molar-refractivity contribution in [1.29, 1.82) is 0 Å². The Balaban J connectivity index is 1.79. The fourth-order valence-corrected chi connectivity index (χ4v) is 3.27. The molecule has 2 amide bonds. The minimum absolute atomic E-state index is 0.183. The molecule has 0 saturated heterocycles. The third-order valence-corrected chi connectivity index (χ3v) is 4.80. The molecule has 152 valence electrons. The normalized spacial score (nSPS) is 12.4. The molecule has 3 rings (SSSR count). The number of carbonyl (C=O) groups is 2. The number of carbonyl (C=O) groups excluding carboxylic acids is 2. The Morgan fingerprint density at radius 1 is 1.21 bits per heavy atom. The number of aromatic nitrogens is 2. The zero-order valence-electron chi connectivity index (χ0n) is 16.5. The molecule has 2 heterocycles. The zero-order valence-corrected chi connectivity index (χ0v) is 18.0. The summed E-state index contributed by atoms with van der Waals surface area (Å²) >= 11 is 3.44. The fourth-order valence-electron chi connectivity index (χ4n) is 2.86. The first-order valence-corrected chi connectivity index (χ1v) is 9.97. The number of pyridine rings is 1. The molecule has 0 aliphatic heterocycles. The smallest absolute Gasteiger partial charge is 0.407 e. The van der Waals surface area contributed by atoms with E-state index in [2.05, 4.69) is 36.5 Å². The first kappa shape index (κ1) is 20.9. The maximum Gasteiger partial charge on any atom is 0.407 e. The highest BCUT2D eigenvalue weighted by molar-refractivity contribution is 9.10. The van der Waals surface area contributed by atoms with Crippen LogP contribution in [0.1, 0.15) is 42.7 Å². The van der Waals surface area contributed by atoms with E-state index in [1.165, 1.54) is 6.20 Å². The second kappa shape index (κ2) is 8.65. The van der Waals surface area contributed by atoms with Crippen LogP contribution in [-0.4, -0.2) is 34.1 Å². The first-order valence-electron chi connectivity index (χ1n) is 9.18. The molecule has 0 aliphatic rings. The number of alkyl carbamates (subject to hydrolysis) is 1. The van der Waals surface area contributed by atoms with Gasteiger partial charge in [0.2, 0.25) is 0 Å². The molecule has 0 radical (unpaired) electrons. The number of nitrogens with zero attached hydrogens (tertiary/aromatic N) is 1. The second-order valence-electron chi connectivity index (χ2n) is 7.57. The van der Waals surface area contributed by atoms with Gasteiger partial charge in [-0.1, -0.05) is 30.3 Å². The SMILES string of the molecule is CC(C)(C)OC(=O)NC[C@@H](NC(=O)c1cncc2c(Br)c[nH]c12)c1ccccc1. The van der Waals surface area contributed by atoms with Crippen LogP contribution in [0, 0.1) is 0 Å². The van der Waals surface area contributed by atoms with Gasteiger partial charge in [0.1, 0.15) is 5.60 Å². The van der Waals surface area contributed by atoms with Crippen LogP contribution >= 0.6 is 15.9 Å². The summed E-state index contributed by atoms with van der Waals surface area (Å²) in [6, 6.07) is 9.01. The van der Waals surface area contributed by atoms with Gasteiger partial charge in [-0.3, -0.25) is 9.78 Å². The third-order valence-electron chi connectivity index (χ3n) is 4.15. The average Bonchev–Trinajstić information content (AvgIpc) is 3.05. The number of benzene rings is 1. The fraction of sp³-hybridized carbons (Fsp3) is 0.286. The number of fused-ring (bicyclic) bond motifs is 1. The van der Waals surface area contributed by atoms with Gasteiger partial charge in [-0.2, -0.15) is 0 Å². The lowest BCUT2D eigenvalue weighted by molar-refractivity contribution is 0.0520. The molecule has 0 bridgehead atoms. The van der Waals surface area contributed by atoms with Crippen LogP contribution in [0.15, 0.2) is 53.4 Å². The Labute approximate surface area is 177 Å². The molecule has 29 heavy (non-hydrogen) atoms. The molecule has 1 aromatic carbocycles. The molecular formula is C21H23BrN4O3. The molecule has 2 aromatic heterocycles. The molecule has 8 heteroatoms. The van der Waals surface area contributed by atoms with Gasteiger partial charge < -0.3 is 20.4 Å². The van der Waals surface area contributed by atoms with Gasteiger partial charge in [0.05, 0.1) is 17.1 Å². The van der Waals surface area contributed by atoms with E-state index in [9.17, 15) is 9.59 Å². The van der Waals surface area contributed by atoms with Gasteiger partial charge in [-0.25, -0.2) is 4.79 Å². The molecule has 0 fully saturated rings. The summed E-state index contributed by atoms with van der Waals surface area (Å²) in [5, 5.41) is 6.53. The topological polar surface area (TPSA) is 96.1 Å². The molecule has 3 aromatic rings. The maximum absolute atomic E-state index is 13.0. The quantitative estimate of drug-likeness (QED) is 0.530. The lowest BCUT2D eigenvalue weighted by atomic mass is 10.1. The summed E-state index contributed by atoms with van der Waals surface area (Å²) in [5.41, 5.74) is 1.38. The van der Waals surface area contributed by atoms with Crippen molar-refractivity contribution in [1.82, 2.24) is 20.6 Å². The van der Waals surface area contributed by atoms with Gasteiger partial charge in [0.25, 0.3) is 5.91 Å². The van der Waals surface area contributed by atoms with Gasteiger partial charge in [0.15, 0.2) is 0 Å². The standard InChI is InChI=1S/C21H23BrN4O3/c1-21(2,3)29-20(28)25-12-17(13-7-5-4-6-8-13)26-19(27)15-10-23-9-14-16(22)11-24-18(14)15/h4-11,17,24H,12H2,1-3H3,(H,25,28)(H,26,27)/t17-/m1/s1. The highest BCUT2D eigenvalue weighted by atomic mass is 79.9. The van der Waals surface area contributed by atoms with Gasteiger partial charge >= 0.3 is 6.09 Å². The minimum Gasteiger partial charge on any atom is -0.444 e. The lowest BCUT2D eigenvalue weighted by Crippen LogP contribution is -2.40. The van der Waals surface area contributed by atoms with Gasteiger partial charge in [0, 0.05) is 35.0 Å². The van der Waals surface area contributed by atoms with Crippen molar-refractivity contribution >= 4 is 38.8 Å². The molecule has 3 N–H and O–H groups in total. The third kappa shape index (κ3) is 5.35. The number of aromatic amines is 1. The van der Waals surface area contributed by atoms with Gasteiger partial charge in [-0.05, 0) is 42.3 Å². The van der Waals surface area contributed by atoms with Crippen molar-refractivity contribution in [2.24, 2.45) is 0 Å². The van der Waals surface area contributed by atoms with Crippen LogP contribution in [0.5, 0.6) is 0 Å². The summed E-state index contributed by atoms with van der Waals surface area (Å²) in [5.74, 6) is -0.294. The zero-order chi connectivity index (χ0) is 21.0. The molecule has 0 spiro atoms. The summed E-state index contributed by atoms with van der Waals surface area (Å²) < 4.78 is 6.13. The summed E-state index contributed by atoms with van der Waals surface area (Å²) in [6.07, 6.45) is 4.43. The average molecular weight is 459 g/mol. The Bertz CT molecular complexity index is 1010. The van der Waals surface area contributed by atoms with Crippen molar-refractivity contribution < 1.29 is 14.3 Å². The predicted octanol–water partition coefficient (Wildman–Crippen LogP) is 4.32. The maximum atomic E-state index is 13.0. The van der Waals surface area contributed by atoms with Crippen molar-refractivity contribution in [3.63, 3.8) is 0 Å². The van der Waals surface area contributed by atoms with E-state index < -0.39 is 17.7 Å². The van der Waals surface area contributed by atoms with E-state index in [0.29, 0.717) is 11.1 Å². The van der Waals surface area contributed by atoms with E-state index >= 15 is 0 Å². The van der Waals surface area contributed by atoms with Crippen LogP contribution in [0.2, 0.25) is 0 Å². The van der Waals surface area contributed by atoms with Crippen molar-refractivity contribution in [3.8, 4) is 0 Å². The van der Waals surface area contributed by atoms with Crippen LogP contribution in [0.4, 0.5) is 4.79 Å². The summed E-state index contributed by atoms with van der Waals surface area (Å²) in [7, 11) is 0. The van der Waals surface area contributed by atoms with E-state index in [1.54, 1.807) is 33.2 Å². The monoisotopic (exact) mass is 458 g/mol. The minimum atomic E-state index is -0.599. The number of halogens is 1. The lowest BCUT2D eigenvalue weighted by Gasteiger charge is -2.23. The number of H-pyrrole nitrogens is 1. The number of hydrogen-bond acceptors (Lipinski definition) is 4. The predicted molar refractivity (Wildman–Crippen MR) is 115 cm³/mol. The second-order valence-corrected chi connectivity index (χ2v) is 8.42. The Morgan fingerprint density at radius 3 is 2.62 bits per heavy atom. The molecular weight excluding hydrogens is 436 g/mol. The summed E-state index contributed by atoms with van der Waals surface area (Å²) in [4.78, 5) is 32.3. The Hall–Kier alpha value is -2.87. The van der Waals surface area contributed by atoms with Crippen molar-refractivity contribution in [2.75, 3.05) is 6.54 Å². The van der Waals surface area contributed by atoms with Crippen LogP contribution in [0.25, 0.3) is 10.9 Å². The van der Waals surface area contributed by atoms with Crippen LogP contribution in [0.3, 0.4) is 0 Å². The largest absolute Gasteiger partial charge is 0.444 e. The first-order chi connectivity index (χ1) is 13.7. The van der Waals surface area contributed by atoms with Crippen molar-refractivity contribution in [3.05, 3.63) is 64.5 Å². The Morgan fingerprint density at radius 2 is 1.93 bits per heavy atom.